The first-order valence-electron chi connectivity index (χ1n) is 9.31. The van der Waals surface area contributed by atoms with E-state index in [1.54, 1.807) is 11.1 Å². The first-order valence-corrected chi connectivity index (χ1v) is 9.31. The quantitative estimate of drug-likeness (QED) is 0.829. The first kappa shape index (κ1) is 19.4. The molecule has 7 nitrogen and oxygen atoms in total. The molecule has 29 heavy (non-hydrogen) atoms. The van der Waals surface area contributed by atoms with Gasteiger partial charge in [-0.25, -0.2) is 14.8 Å². The fourth-order valence-electron chi connectivity index (χ4n) is 3.33. The maximum absolute atomic E-state index is 12.7. The van der Waals surface area contributed by atoms with Crippen molar-refractivity contribution in [3.05, 3.63) is 47.3 Å². The molecular weight excluding hydrogens is 387 g/mol. The lowest BCUT2D eigenvalue weighted by Gasteiger charge is -2.30. The van der Waals surface area contributed by atoms with Gasteiger partial charge in [-0.05, 0) is 36.2 Å². The number of fused-ring (bicyclic) bond motifs is 1. The SMILES string of the molecule is O=C(Nc1ccc(C(F)(F)F)cc1)N1CCc2cnc(N3CCOCC3)nc2C1. The van der Waals surface area contributed by atoms with Crippen LogP contribution < -0.4 is 10.2 Å². The number of hydrogen-bond acceptors (Lipinski definition) is 5. The predicted octanol–water partition coefficient (Wildman–Crippen LogP) is 2.92. The zero-order chi connectivity index (χ0) is 20.4. The number of morpholine rings is 1. The monoisotopic (exact) mass is 407 g/mol. The number of carbonyl (C=O) groups is 1. The number of urea groups is 1. The van der Waals surface area contributed by atoms with E-state index < -0.39 is 11.7 Å². The summed E-state index contributed by atoms with van der Waals surface area (Å²) in [6.45, 7) is 3.50. The molecule has 1 saturated heterocycles. The van der Waals surface area contributed by atoms with E-state index in [4.69, 9.17) is 4.74 Å². The standard InChI is InChI=1S/C19H20F3N5O2/c20-19(21,22)14-1-3-15(4-2-14)24-18(28)27-6-5-13-11-23-17(25-16(13)12-27)26-7-9-29-10-8-26/h1-4,11H,5-10,12H2,(H,24,28). The maximum Gasteiger partial charge on any atom is 0.416 e. The molecular formula is C19H20F3N5O2. The number of aromatic nitrogens is 2. The van der Waals surface area contributed by atoms with Gasteiger partial charge in [0.15, 0.2) is 0 Å². The zero-order valence-electron chi connectivity index (χ0n) is 15.6. The molecule has 154 valence electrons. The first-order chi connectivity index (χ1) is 13.9. The van der Waals surface area contributed by atoms with Crippen LogP contribution in [0.3, 0.4) is 0 Å². The molecule has 0 unspecified atom stereocenters. The van der Waals surface area contributed by atoms with Gasteiger partial charge in [0.25, 0.3) is 0 Å². The fourth-order valence-corrected chi connectivity index (χ4v) is 3.33. The minimum absolute atomic E-state index is 0.311. The normalized spacial score (nSPS) is 17.1. The van der Waals surface area contributed by atoms with Crippen molar-refractivity contribution in [3.63, 3.8) is 0 Å². The molecule has 1 N–H and O–H groups in total. The molecule has 0 spiro atoms. The van der Waals surface area contributed by atoms with Gasteiger partial charge in [-0.2, -0.15) is 13.2 Å². The molecule has 1 aromatic carbocycles. The fraction of sp³-hybridized carbons (Fsp3) is 0.421. The van der Waals surface area contributed by atoms with Crippen molar-refractivity contribution in [2.24, 2.45) is 0 Å². The highest BCUT2D eigenvalue weighted by molar-refractivity contribution is 5.89. The summed E-state index contributed by atoms with van der Waals surface area (Å²) in [5.41, 5.74) is 1.34. The lowest BCUT2D eigenvalue weighted by molar-refractivity contribution is -0.137. The second-order valence-corrected chi connectivity index (χ2v) is 6.92. The van der Waals surface area contributed by atoms with Crippen LogP contribution in [0.2, 0.25) is 0 Å². The molecule has 1 aromatic heterocycles. The van der Waals surface area contributed by atoms with Crippen LogP contribution in [0, 0.1) is 0 Å². The highest BCUT2D eigenvalue weighted by atomic mass is 19.4. The van der Waals surface area contributed by atoms with Crippen molar-refractivity contribution < 1.29 is 22.7 Å². The lowest BCUT2D eigenvalue weighted by atomic mass is 10.1. The summed E-state index contributed by atoms with van der Waals surface area (Å²) in [5, 5.41) is 2.65. The minimum atomic E-state index is -4.41. The Morgan fingerprint density at radius 3 is 2.52 bits per heavy atom. The van der Waals surface area contributed by atoms with Gasteiger partial charge in [0.2, 0.25) is 5.95 Å². The summed E-state index contributed by atoms with van der Waals surface area (Å²) < 4.78 is 43.3. The molecule has 10 heteroatoms. The van der Waals surface area contributed by atoms with E-state index in [-0.39, 0.29) is 6.03 Å². The zero-order valence-corrected chi connectivity index (χ0v) is 15.6. The average Bonchev–Trinajstić information content (AvgIpc) is 2.73. The molecule has 0 saturated carbocycles. The molecule has 1 fully saturated rings. The van der Waals surface area contributed by atoms with Gasteiger partial charge in [-0.3, -0.25) is 0 Å². The van der Waals surface area contributed by atoms with Crippen LogP contribution in [-0.4, -0.2) is 53.7 Å². The summed E-state index contributed by atoms with van der Waals surface area (Å²) in [4.78, 5) is 25.3. The lowest BCUT2D eigenvalue weighted by Crippen LogP contribution is -2.40. The van der Waals surface area contributed by atoms with Crippen LogP contribution in [0.15, 0.2) is 30.5 Å². The van der Waals surface area contributed by atoms with Crippen molar-refractivity contribution in [2.75, 3.05) is 43.1 Å². The number of benzene rings is 1. The number of rotatable bonds is 2. The maximum atomic E-state index is 12.7. The van der Waals surface area contributed by atoms with Gasteiger partial charge in [-0.1, -0.05) is 0 Å². The van der Waals surface area contributed by atoms with Gasteiger partial charge in [0.1, 0.15) is 0 Å². The number of amides is 2. The minimum Gasteiger partial charge on any atom is -0.378 e. The van der Waals surface area contributed by atoms with Crippen LogP contribution in [0.1, 0.15) is 16.8 Å². The number of ether oxygens (including phenoxy) is 1. The van der Waals surface area contributed by atoms with E-state index in [0.717, 1.165) is 36.5 Å². The number of carbonyl (C=O) groups excluding carboxylic acids is 1. The van der Waals surface area contributed by atoms with E-state index >= 15 is 0 Å². The van der Waals surface area contributed by atoms with Crippen molar-refractivity contribution in [1.82, 2.24) is 14.9 Å². The Hall–Kier alpha value is -2.88. The molecule has 2 aliphatic heterocycles. The Kier molecular flexibility index (Phi) is 5.27. The Labute approximate surface area is 165 Å². The number of nitrogens with zero attached hydrogens (tertiary/aromatic N) is 4. The third-order valence-corrected chi connectivity index (χ3v) is 4.98. The van der Waals surface area contributed by atoms with Crippen LogP contribution in [0.4, 0.5) is 29.6 Å². The molecule has 4 rings (SSSR count). The van der Waals surface area contributed by atoms with Crippen molar-refractivity contribution in [2.45, 2.75) is 19.1 Å². The number of hydrogen-bond donors (Lipinski definition) is 1. The number of halogens is 3. The summed E-state index contributed by atoms with van der Waals surface area (Å²) in [7, 11) is 0. The van der Waals surface area contributed by atoms with Gasteiger partial charge >= 0.3 is 12.2 Å². The van der Waals surface area contributed by atoms with E-state index in [2.05, 4.69) is 15.3 Å². The summed E-state index contributed by atoms with van der Waals surface area (Å²) in [5.74, 6) is 0.622. The van der Waals surface area contributed by atoms with Gasteiger partial charge < -0.3 is 19.9 Å². The molecule has 0 aliphatic carbocycles. The summed E-state index contributed by atoms with van der Waals surface area (Å²) in [6.07, 6.45) is -1.98. The highest BCUT2D eigenvalue weighted by Crippen LogP contribution is 2.30. The molecule has 0 atom stereocenters. The van der Waals surface area contributed by atoms with Gasteiger partial charge in [0.05, 0.1) is 31.0 Å². The third-order valence-electron chi connectivity index (χ3n) is 4.98. The van der Waals surface area contributed by atoms with Crippen molar-refractivity contribution in [1.29, 1.82) is 0 Å². The van der Waals surface area contributed by atoms with Crippen molar-refractivity contribution >= 4 is 17.7 Å². The molecule has 0 bridgehead atoms. The van der Waals surface area contributed by atoms with E-state index in [1.807, 2.05) is 4.90 Å². The average molecular weight is 407 g/mol. The van der Waals surface area contributed by atoms with Crippen LogP contribution in [-0.2, 0) is 23.9 Å². The summed E-state index contributed by atoms with van der Waals surface area (Å²) in [6, 6.07) is 4.02. The predicted molar refractivity (Wildman–Crippen MR) is 99.6 cm³/mol. The number of anilines is 2. The largest absolute Gasteiger partial charge is 0.416 e. The Morgan fingerprint density at radius 2 is 1.83 bits per heavy atom. The second kappa shape index (κ2) is 7.86. The molecule has 2 aliphatic rings. The topological polar surface area (TPSA) is 70.6 Å². The van der Waals surface area contributed by atoms with Gasteiger partial charge in [-0.15, -0.1) is 0 Å². The van der Waals surface area contributed by atoms with E-state index in [1.165, 1.54) is 12.1 Å². The Bertz CT molecular complexity index is 882. The smallest absolute Gasteiger partial charge is 0.378 e. The number of alkyl halides is 3. The Morgan fingerprint density at radius 1 is 1.10 bits per heavy atom. The van der Waals surface area contributed by atoms with Gasteiger partial charge in [0, 0.05) is 31.5 Å². The number of nitrogens with one attached hydrogen (secondary N) is 1. The van der Waals surface area contributed by atoms with Crippen LogP contribution in [0.25, 0.3) is 0 Å². The summed E-state index contributed by atoms with van der Waals surface area (Å²) >= 11 is 0. The van der Waals surface area contributed by atoms with Crippen LogP contribution >= 0.6 is 0 Å². The third kappa shape index (κ3) is 4.42. The van der Waals surface area contributed by atoms with E-state index in [0.29, 0.717) is 44.4 Å². The molecule has 0 radical (unpaired) electrons. The molecule has 2 amide bonds. The molecule has 3 heterocycles. The highest BCUT2D eigenvalue weighted by Gasteiger charge is 2.30. The Balaban J connectivity index is 1.42. The molecule has 2 aromatic rings. The van der Waals surface area contributed by atoms with Crippen LogP contribution in [0.5, 0.6) is 0 Å². The van der Waals surface area contributed by atoms with E-state index in [9.17, 15) is 18.0 Å². The van der Waals surface area contributed by atoms with Crippen molar-refractivity contribution in [3.8, 4) is 0 Å². The second-order valence-electron chi connectivity index (χ2n) is 6.92.